The third-order valence-electron chi connectivity index (χ3n) is 4.64. The molecule has 1 heterocycles. The molecule has 3 heteroatoms. The Hall–Kier alpha value is -0.380. The summed E-state index contributed by atoms with van der Waals surface area (Å²) >= 11 is 1.87. The van der Waals surface area contributed by atoms with Crippen molar-refractivity contribution >= 4 is 11.3 Å². The predicted octanol–water partition coefficient (Wildman–Crippen LogP) is 3.98. The Kier molecular flexibility index (Phi) is 5.65. The average Bonchev–Trinajstić information content (AvgIpc) is 2.97. The molecule has 20 heavy (non-hydrogen) atoms. The van der Waals surface area contributed by atoms with E-state index in [0.717, 1.165) is 19.0 Å². The molecule has 1 saturated carbocycles. The lowest BCUT2D eigenvalue weighted by Gasteiger charge is -2.33. The molecule has 1 aromatic rings. The molecule has 1 aliphatic carbocycles. The molecule has 2 unspecified atom stereocenters. The van der Waals surface area contributed by atoms with Crippen LogP contribution in [0.4, 0.5) is 0 Å². The van der Waals surface area contributed by atoms with Gasteiger partial charge in [-0.2, -0.15) is 0 Å². The van der Waals surface area contributed by atoms with Gasteiger partial charge in [-0.1, -0.05) is 26.8 Å². The number of thiophene rings is 1. The van der Waals surface area contributed by atoms with Crippen LogP contribution in [0.5, 0.6) is 0 Å². The minimum Gasteiger partial charge on any atom is -0.313 e. The fourth-order valence-electron chi connectivity index (χ4n) is 3.59. The standard InChI is InChI=1S/C17H30N2S/c1-5-10-18-16-14(8-9-17(16,2)3)12-19(4)13-15-7-6-11-20-15/h6-7,11,14,16,18H,5,8-10,12-13H2,1-4H3. The fraction of sp³-hybridized carbons (Fsp3) is 0.765. The van der Waals surface area contributed by atoms with Crippen molar-refractivity contribution in [2.45, 2.75) is 52.6 Å². The molecule has 0 amide bonds. The van der Waals surface area contributed by atoms with Crippen molar-refractivity contribution in [2.75, 3.05) is 20.1 Å². The highest BCUT2D eigenvalue weighted by molar-refractivity contribution is 7.09. The van der Waals surface area contributed by atoms with E-state index >= 15 is 0 Å². The van der Waals surface area contributed by atoms with E-state index in [1.54, 1.807) is 0 Å². The molecule has 2 atom stereocenters. The summed E-state index contributed by atoms with van der Waals surface area (Å²) in [6, 6.07) is 5.07. The molecule has 1 aliphatic rings. The molecule has 1 fully saturated rings. The minimum absolute atomic E-state index is 0.448. The first-order chi connectivity index (χ1) is 9.53. The average molecular weight is 295 g/mol. The summed E-state index contributed by atoms with van der Waals surface area (Å²) in [4.78, 5) is 3.97. The Balaban J connectivity index is 1.89. The monoisotopic (exact) mass is 294 g/mol. The summed E-state index contributed by atoms with van der Waals surface area (Å²) in [6.45, 7) is 10.6. The second-order valence-electron chi connectivity index (χ2n) is 7.00. The highest BCUT2D eigenvalue weighted by atomic mass is 32.1. The molecule has 0 aromatic carbocycles. The minimum atomic E-state index is 0.448. The van der Waals surface area contributed by atoms with E-state index < -0.39 is 0 Å². The number of hydrogen-bond donors (Lipinski definition) is 1. The molecule has 1 N–H and O–H groups in total. The maximum atomic E-state index is 3.81. The van der Waals surface area contributed by atoms with Crippen LogP contribution in [-0.2, 0) is 6.54 Å². The molecule has 2 rings (SSSR count). The van der Waals surface area contributed by atoms with Gasteiger partial charge >= 0.3 is 0 Å². The molecule has 0 radical (unpaired) electrons. The Morgan fingerprint density at radius 2 is 2.25 bits per heavy atom. The zero-order valence-electron chi connectivity index (χ0n) is 13.5. The molecular weight excluding hydrogens is 264 g/mol. The lowest BCUT2D eigenvalue weighted by atomic mass is 9.84. The Morgan fingerprint density at radius 1 is 1.45 bits per heavy atom. The first-order valence-corrected chi connectivity index (χ1v) is 8.85. The lowest BCUT2D eigenvalue weighted by molar-refractivity contribution is 0.201. The van der Waals surface area contributed by atoms with Crippen molar-refractivity contribution in [2.24, 2.45) is 11.3 Å². The summed E-state index contributed by atoms with van der Waals surface area (Å²) in [5, 5.41) is 5.99. The molecule has 114 valence electrons. The molecule has 0 saturated heterocycles. The number of nitrogens with one attached hydrogen (secondary N) is 1. The van der Waals surface area contributed by atoms with Crippen molar-refractivity contribution < 1.29 is 0 Å². The molecule has 2 nitrogen and oxygen atoms in total. The Bertz CT molecular complexity index is 386. The van der Waals surface area contributed by atoms with E-state index in [-0.39, 0.29) is 0 Å². The highest BCUT2D eigenvalue weighted by Crippen LogP contribution is 2.41. The molecular formula is C17H30N2S. The third-order valence-corrected chi connectivity index (χ3v) is 5.50. The van der Waals surface area contributed by atoms with Crippen LogP contribution in [0.25, 0.3) is 0 Å². The van der Waals surface area contributed by atoms with Gasteiger partial charge in [0.05, 0.1) is 0 Å². The van der Waals surface area contributed by atoms with Gasteiger partial charge in [0.2, 0.25) is 0 Å². The first kappa shape index (κ1) is 16.0. The van der Waals surface area contributed by atoms with Gasteiger partial charge in [-0.25, -0.2) is 0 Å². The summed E-state index contributed by atoms with van der Waals surface area (Å²) in [5.74, 6) is 0.793. The Morgan fingerprint density at radius 3 is 2.90 bits per heavy atom. The van der Waals surface area contributed by atoms with E-state index in [0.29, 0.717) is 11.5 Å². The quantitative estimate of drug-likeness (QED) is 0.818. The van der Waals surface area contributed by atoms with Gasteiger partial charge in [0.1, 0.15) is 0 Å². The van der Waals surface area contributed by atoms with E-state index in [4.69, 9.17) is 0 Å². The smallest absolute Gasteiger partial charge is 0.0324 e. The molecule has 0 aliphatic heterocycles. The second kappa shape index (κ2) is 7.06. The summed E-state index contributed by atoms with van der Waals surface area (Å²) in [6.07, 6.45) is 3.94. The lowest BCUT2D eigenvalue weighted by Crippen LogP contribution is -2.45. The van der Waals surface area contributed by atoms with E-state index in [2.05, 4.69) is 55.5 Å². The second-order valence-corrected chi connectivity index (χ2v) is 8.03. The predicted molar refractivity (Wildman–Crippen MR) is 89.2 cm³/mol. The van der Waals surface area contributed by atoms with Crippen LogP contribution in [0.2, 0.25) is 0 Å². The maximum Gasteiger partial charge on any atom is 0.0324 e. The van der Waals surface area contributed by atoms with Gasteiger partial charge in [-0.3, -0.25) is 0 Å². The zero-order chi connectivity index (χ0) is 14.6. The van der Waals surface area contributed by atoms with Crippen LogP contribution in [-0.4, -0.2) is 31.1 Å². The van der Waals surface area contributed by atoms with E-state index in [9.17, 15) is 0 Å². The molecule has 1 aromatic heterocycles. The van der Waals surface area contributed by atoms with Gasteiger partial charge in [-0.15, -0.1) is 11.3 Å². The van der Waals surface area contributed by atoms with Crippen molar-refractivity contribution in [3.8, 4) is 0 Å². The van der Waals surface area contributed by atoms with Crippen molar-refractivity contribution in [1.29, 1.82) is 0 Å². The van der Waals surface area contributed by atoms with Gasteiger partial charge < -0.3 is 10.2 Å². The van der Waals surface area contributed by atoms with E-state index in [1.165, 1.54) is 30.7 Å². The van der Waals surface area contributed by atoms with Crippen LogP contribution >= 0.6 is 11.3 Å². The van der Waals surface area contributed by atoms with Gasteiger partial charge in [0, 0.05) is 24.0 Å². The number of nitrogens with zero attached hydrogens (tertiary/aromatic N) is 1. The van der Waals surface area contributed by atoms with Crippen molar-refractivity contribution in [3.63, 3.8) is 0 Å². The van der Waals surface area contributed by atoms with Crippen molar-refractivity contribution in [1.82, 2.24) is 10.2 Å². The summed E-state index contributed by atoms with van der Waals surface area (Å²) in [5.41, 5.74) is 0.448. The van der Waals surface area contributed by atoms with Crippen LogP contribution in [0.1, 0.15) is 44.9 Å². The summed E-state index contributed by atoms with van der Waals surface area (Å²) in [7, 11) is 2.27. The molecule has 0 bridgehead atoms. The number of hydrogen-bond acceptors (Lipinski definition) is 3. The Labute approximate surface area is 128 Å². The van der Waals surface area contributed by atoms with Crippen molar-refractivity contribution in [3.05, 3.63) is 22.4 Å². The molecule has 0 spiro atoms. The van der Waals surface area contributed by atoms with Gasteiger partial charge in [0.25, 0.3) is 0 Å². The maximum absolute atomic E-state index is 3.81. The normalized spacial score (nSPS) is 25.4. The fourth-order valence-corrected chi connectivity index (χ4v) is 4.37. The summed E-state index contributed by atoms with van der Waals surface area (Å²) < 4.78 is 0. The van der Waals surface area contributed by atoms with Crippen LogP contribution in [0, 0.1) is 11.3 Å². The topological polar surface area (TPSA) is 15.3 Å². The van der Waals surface area contributed by atoms with Crippen LogP contribution in [0.3, 0.4) is 0 Å². The third kappa shape index (κ3) is 4.06. The largest absolute Gasteiger partial charge is 0.313 e. The SMILES string of the molecule is CCCNC1C(CN(C)Cc2cccs2)CCC1(C)C. The van der Waals surface area contributed by atoms with Crippen LogP contribution in [0.15, 0.2) is 17.5 Å². The zero-order valence-corrected chi connectivity index (χ0v) is 14.3. The van der Waals surface area contributed by atoms with Gasteiger partial charge in [-0.05, 0) is 55.6 Å². The van der Waals surface area contributed by atoms with Gasteiger partial charge in [0.15, 0.2) is 0 Å². The van der Waals surface area contributed by atoms with Crippen LogP contribution < -0.4 is 5.32 Å². The number of rotatable bonds is 7. The first-order valence-electron chi connectivity index (χ1n) is 7.97. The van der Waals surface area contributed by atoms with E-state index in [1.807, 2.05) is 11.3 Å². The highest BCUT2D eigenvalue weighted by Gasteiger charge is 2.41.